The maximum atomic E-state index is 12.2. The van der Waals surface area contributed by atoms with Gasteiger partial charge in [0.1, 0.15) is 6.61 Å². The Morgan fingerprint density at radius 2 is 2.20 bits per heavy atom. The minimum atomic E-state index is -3.06. The largest absolute Gasteiger partial charge is 0.395 e. The van der Waals surface area contributed by atoms with Crippen LogP contribution in [-0.4, -0.2) is 80.3 Å². The number of nitrogens with zero attached hydrogens (tertiary/aromatic N) is 1. The molecule has 0 aliphatic carbocycles. The second-order valence-electron chi connectivity index (χ2n) is 5.71. The van der Waals surface area contributed by atoms with E-state index in [0.29, 0.717) is 19.5 Å². The number of nitrogens with one attached hydrogen (secondary N) is 1. The van der Waals surface area contributed by atoms with Crippen molar-refractivity contribution in [3.8, 4) is 0 Å². The van der Waals surface area contributed by atoms with Gasteiger partial charge in [0.15, 0.2) is 9.84 Å². The normalized spacial score (nSPS) is 27.0. The van der Waals surface area contributed by atoms with Crippen molar-refractivity contribution < 1.29 is 23.1 Å². The minimum Gasteiger partial charge on any atom is -0.395 e. The Hall–Kier alpha value is -0.700. The lowest BCUT2D eigenvalue weighted by atomic mass is 10.0. The number of sulfone groups is 1. The van der Waals surface area contributed by atoms with Gasteiger partial charge in [0.25, 0.3) is 0 Å². The Labute approximate surface area is 119 Å². The quantitative estimate of drug-likeness (QED) is 0.612. The Balaban J connectivity index is 1.92. The van der Waals surface area contributed by atoms with E-state index in [4.69, 9.17) is 9.84 Å². The molecule has 2 aliphatic heterocycles. The zero-order valence-corrected chi connectivity index (χ0v) is 12.5. The summed E-state index contributed by atoms with van der Waals surface area (Å²) in [6.07, 6.45) is 0.437. The molecule has 7 nitrogen and oxygen atoms in total. The zero-order chi connectivity index (χ0) is 14.8. The van der Waals surface area contributed by atoms with Gasteiger partial charge in [0.2, 0.25) is 5.91 Å². The van der Waals surface area contributed by atoms with E-state index >= 15 is 0 Å². The lowest BCUT2D eigenvalue weighted by Crippen LogP contribution is -2.60. The van der Waals surface area contributed by atoms with Crippen molar-refractivity contribution in [1.82, 2.24) is 10.2 Å². The van der Waals surface area contributed by atoms with E-state index in [1.165, 1.54) is 4.90 Å². The summed E-state index contributed by atoms with van der Waals surface area (Å²) >= 11 is 0. The number of hydrogen-bond acceptors (Lipinski definition) is 6. The Bertz CT molecular complexity index is 460. The molecule has 2 aliphatic rings. The molecular formula is C12H22N2O5S. The maximum Gasteiger partial charge on any atom is 0.248 e. The predicted octanol–water partition coefficient (Wildman–Crippen LogP) is -1.63. The second kappa shape index (κ2) is 5.97. The van der Waals surface area contributed by atoms with Gasteiger partial charge in [-0.15, -0.1) is 0 Å². The van der Waals surface area contributed by atoms with Crippen LogP contribution < -0.4 is 5.32 Å². The first-order valence-electron chi connectivity index (χ1n) is 6.81. The fourth-order valence-electron chi connectivity index (χ4n) is 2.54. The second-order valence-corrected chi connectivity index (χ2v) is 7.94. The van der Waals surface area contributed by atoms with E-state index in [1.807, 2.05) is 6.92 Å². The highest BCUT2D eigenvalue weighted by molar-refractivity contribution is 7.91. The Morgan fingerprint density at radius 3 is 2.65 bits per heavy atom. The monoisotopic (exact) mass is 306 g/mol. The SMILES string of the molecule is CC1(OCC(=O)N(CCO)C2CCS(=O)(=O)C2)CNC1. The number of hydrogen-bond donors (Lipinski definition) is 2. The van der Waals surface area contributed by atoms with Crippen LogP contribution in [0.25, 0.3) is 0 Å². The molecular weight excluding hydrogens is 284 g/mol. The molecule has 0 aromatic rings. The van der Waals surface area contributed by atoms with Crippen molar-refractivity contribution in [2.24, 2.45) is 0 Å². The highest BCUT2D eigenvalue weighted by Gasteiger charge is 2.37. The summed E-state index contributed by atoms with van der Waals surface area (Å²) in [4.78, 5) is 13.6. The summed E-state index contributed by atoms with van der Waals surface area (Å²) in [5.41, 5.74) is -0.317. The molecule has 0 spiro atoms. The van der Waals surface area contributed by atoms with E-state index in [2.05, 4.69) is 5.32 Å². The summed E-state index contributed by atoms with van der Waals surface area (Å²) in [5, 5.41) is 12.1. The maximum absolute atomic E-state index is 12.2. The van der Waals surface area contributed by atoms with Crippen molar-refractivity contribution in [3.63, 3.8) is 0 Å². The molecule has 0 aromatic heterocycles. The molecule has 0 saturated carbocycles. The minimum absolute atomic E-state index is 0.0163. The smallest absolute Gasteiger partial charge is 0.248 e. The first-order chi connectivity index (χ1) is 9.35. The molecule has 116 valence electrons. The first kappa shape index (κ1) is 15.7. The first-order valence-corrected chi connectivity index (χ1v) is 8.63. The lowest BCUT2D eigenvalue weighted by molar-refractivity contribution is -0.148. The van der Waals surface area contributed by atoms with Crippen LogP contribution in [0.1, 0.15) is 13.3 Å². The van der Waals surface area contributed by atoms with Gasteiger partial charge in [0.05, 0.1) is 23.7 Å². The predicted molar refractivity (Wildman–Crippen MR) is 73.1 cm³/mol. The van der Waals surface area contributed by atoms with Crippen LogP contribution in [-0.2, 0) is 19.4 Å². The standard InChI is InChI=1S/C12H22N2O5S/c1-12(8-13-9-12)19-6-11(16)14(3-4-15)10-2-5-20(17,18)7-10/h10,13,15H,2-9H2,1H3. The molecule has 2 saturated heterocycles. The van der Waals surface area contributed by atoms with Crippen LogP contribution in [0.2, 0.25) is 0 Å². The molecule has 0 radical (unpaired) electrons. The summed E-state index contributed by atoms with van der Waals surface area (Å²) in [7, 11) is -3.06. The molecule has 2 heterocycles. The van der Waals surface area contributed by atoms with E-state index in [0.717, 1.165) is 0 Å². The van der Waals surface area contributed by atoms with Crippen LogP contribution in [0.4, 0.5) is 0 Å². The van der Waals surface area contributed by atoms with Gasteiger partial charge in [-0.05, 0) is 13.3 Å². The topological polar surface area (TPSA) is 95.9 Å². The average Bonchev–Trinajstić information content (AvgIpc) is 2.71. The van der Waals surface area contributed by atoms with Gasteiger partial charge >= 0.3 is 0 Å². The number of ether oxygens (including phenoxy) is 1. The molecule has 0 aromatic carbocycles. The molecule has 2 N–H and O–H groups in total. The van der Waals surface area contributed by atoms with Crippen LogP contribution in [0, 0.1) is 0 Å². The molecule has 8 heteroatoms. The number of carbonyl (C=O) groups is 1. The molecule has 0 bridgehead atoms. The third kappa shape index (κ3) is 3.69. The van der Waals surface area contributed by atoms with Crippen molar-refractivity contribution >= 4 is 15.7 Å². The summed E-state index contributed by atoms with van der Waals surface area (Å²) < 4.78 is 28.6. The van der Waals surface area contributed by atoms with Crippen molar-refractivity contribution in [1.29, 1.82) is 0 Å². The fraction of sp³-hybridized carbons (Fsp3) is 0.917. The molecule has 2 fully saturated rings. The average molecular weight is 306 g/mol. The molecule has 2 rings (SSSR count). The van der Waals surface area contributed by atoms with Crippen molar-refractivity contribution in [2.75, 3.05) is 44.4 Å². The zero-order valence-electron chi connectivity index (χ0n) is 11.7. The van der Waals surface area contributed by atoms with Gasteiger partial charge < -0.3 is 20.1 Å². The van der Waals surface area contributed by atoms with Gasteiger partial charge in [-0.25, -0.2) is 8.42 Å². The van der Waals surface area contributed by atoms with E-state index < -0.39 is 9.84 Å². The van der Waals surface area contributed by atoms with E-state index in [9.17, 15) is 13.2 Å². The number of aliphatic hydroxyl groups excluding tert-OH is 1. The van der Waals surface area contributed by atoms with Crippen molar-refractivity contribution in [3.05, 3.63) is 0 Å². The molecule has 1 atom stereocenters. The molecule has 1 unspecified atom stereocenters. The van der Waals surface area contributed by atoms with Gasteiger partial charge in [0, 0.05) is 25.7 Å². The van der Waals surface area contributed by atoms with E-state index in [1.54, 1.807) is 0 Å². The Morgan fingerprint density at radius 1 is 1.50 bits per heavy atom. The summed E-state index contributed by atoms with van der Waals surface area (Å²) in [5.74, 6) is -0.165. The van der Waals surface area contributed by atoms with Crippen LogP contribution >= 0.6 is 0 Å². The number of rotatable bonds is 6. The third-order valence-corrected chi connectivity index (χ3v) is 5.60. The number of aliphatic hydroxyl groups is 1. The van der Waals surface area contributed by atoms with Crippen molar-refractivity contribution in [2.45, 2.75) is 25.0 Å². The Kier molecular flexibility index (Phi) is 4.68. The lowest BCUT2D eigenvalue weighted by Gasteiger charge is -2.39. The fourth-order valence-corrected chi connectivity index (χ4v) is 4.27. The number of carbonyl (C=O) groups excluding carboxylic acids is 1. The summed E-state index contributed by atoms with van der Waals surface area (Å²) in [6.45, 7) is 3.23. The number of amides is 1. The molecule has 20 heavy (non-hydrogen) atoms. The highest BCUT2D eigenvalue weighted by atomic mass is 32.2. The van der Waals surface area contributed by atoms with Gasteiger partial charge in [-0.3, -0.25) is 4.79 Å². The molecule has 1 amide bonds. The van der Waals surface area contributed by atoms with E-state index in [-0.39, 0.29) is 48.8 Å². The van der Waals surface area contributed by atoms with Crippen LogP contribution in [0.3, 0.4) is 0 Å². The summed E-state index contributed by atoms with van der Waals surface area (Å²) in [6, 6.07) is -0.337. The van der Waals surface area contributed by atoms with Gasteiger partial charge in [-0.1, -0.05) is 0 Å². The van der Waals surface area contributed by atoms with Gasteiger partial charge in [-0.2, -0.15) is 0 Å². The highest BCUT2D eigenvalue weighted by Crippen LogP contribution is 2.19. The van der Waals surface area contributed by atoms with Crippen LogP contribution in [0.15, 0.2) is 0 Å². The van der Waals surface area contributed by atoms with Crippen LogP contribution in [0.5, 0.6) is 0 Å². The third-order valence-electron chi connectivity index (χ3n) is 3.85.